The fourth-order valence-electron chi connectivity index (χ4n) is 2.57. The van der Waals surface area contributed by atoms with Crippen molar-refractivity contribution in [2.45, 2.75) is 39.5 Å². The van der Waals surface area contributed by atoms with Crippen LogP contribution in [-0.2, 0) is 0 Å². The monoisotopic (exact) mass is 388 g/mol. The molecule has 0 bridgehead atoms. The van der Waals surface area contributed by atoms with Crippen molar-refractivity contribution in [3.05, 3.63) is 132 Å². The lowest BCUT2D eigenvalue weighted by molar-refractivity contribution is 0.650. The zero-order chi connectivity index (χ0) is 22.0. The minimum Gasteiger partial charge on any atom is -0.206 e. The molecule has 0 saturated carbocycles. The molecule has 1 heteroatoms. The Morgan fingerprint density at radius 2 is 1.38 bits per heavy atom. The van der Waals surface area contributed by atoms with E-state index in [4.69, 9.17) is 0 Å². The lowest BCUT2D eigenvalue weighted by atomic mass is 9.91. The van der Waals surface area contributed by atoms with E-state index in [1.54, 1.807) is 12.2 Å². The largest absolute Gasteiger partial charge is 0.206 e. The van der Waals surface area contributed by atoms with Crippen LogP contribution < -0.4 is 0 Å². The summed E-state index contributed by atoms with van der Waals surface area (Å²) in [6.07, 6.45) is 16.5. The second-order valence-electron chi connectivity index (χ2n) is 7.12. The fourth-order valence-corrected chi connectivity index (χ4v) is 2.57. The third-order valence-corrected chi connectivity index (χ3v) is 4.95. The van der Waals surface area contributed by atoms with E-state index in [2.05, 4.69) is 52.5 Å². The van der Waals surface area contributed by atoms with Crippen LogP contribution >= 0.6 is 0 Å². The average molecular weight is 389 g/mol. The molecule has 0 amide bonds. The van der Waals surface area contributed by atoms with E-state index in [1.165, 1.54) is 11.6 Å². The standard InChI is InChI=1S/C28H33F/c1-9-20(3)11-12-21(4)22(5)13-14-23(6)24(7)19-28(29)25(8)27-17-15-26(10-2)16-18-27/h11-15,17,19H,3-10,16,18H2,1-2H3/b12-11-,14-13-,28-19+. The van der Waals surface area contributed by atoms with Gasteiger partial charge in [0.25, 0.3) is 0 Å². The lowest BCUT2D eigenvalue weighted by Gasteiger charge is -2.15. The molecule has 0 fully saturated rings. The molecule has 0 aliphatic heterocycles. The van der Waals surface area contributed by atoms with Crippen LogP contribution in [0.4, 0.5) is 4.39 Å². The predicted octanol–water partition coefficient (Wildman–Crippen LogP) is 8.76. The molecule has 0 aromatic heterocycles. The first-order chi connectivity index (χ1) is 13.7. The normalized spacial score (nSPS) is 14.5. The number of hydrogen-bond acceptors (Lipinski definition) is 0. The number of hydrogen-bond donors (Lipinski definition) is 0. The Hall–Kier alpha value is -2.93. The minimum absolute atomic E-state index is 0.381. The van der Waals surface area contributed by atoms with Gasteiger partial charge in [-0.25, -0.2) is 4.39 Å². The molecule has 0 nitrogen and oxygen atoms in total. The highest BCUT2D eigenvalue weighted by Crippen LogP contribution is 2.30. The summed E-state index contributed by atoms with van der Waals surface area (Å²) in [6.45, 7) is 27.9. The molecule has 29 heavy (non-hydrogen) atoms. The summed E-state index contributed by atoms with van der Waals surface area (Å²) < 4.78 is 14.6. The topological polar surface area (TPSA) is 0 Å². The van der Waals surface area contributed by atoms with Gasteiger partial charge in [0, 0.05) is 5.57 Å². The number of allylic oxidation sites excluding steroid dienone is 16. The van der Waals surface area contributed by atoms with Crippen molar-refractivity contribution < 1.29 is 4.39 Å². The Kier molecular flexibility index (Phi) is 9.82. The minimum atomic E-state index is -0.381. The molecule has 1 rings (SSSR count). The van der Waals surface area contributed by atoms with E-state index in [0.717, 1.165) is 48.0 Å². The SMILES string of the molecule is C=C(/C=C\C(=C)C(=C)/C=C\C(=C)C(=C)/C=C(/F)C(=C)C1=CC=C(CC)CC1)CC. The van der Waals surface area contributed by atoms with Crippen molar-refractivity contribution in [2.75, 3.05) is 0 Å². The Balaban J connectivity index is 2.74. The summed E-state index contributed by atoms with van der Waals surface area (Å²) in [5.41, 5.74) is 6.38. The van der Waals surface area contributed by atoms with Gasteiger partial charge in [-0.2, -0.15) is 0 Å². The van der Waals surface area contributed by atoms with Crippen LogP contribution in [0.3, 0.4) is 0 Å². The zero-order valence-corrected chi connectivity index (χ0v) is 18.0. The van der Waals surface area contributed by atoms with Gasteiger partial charge in [-0.15, -0.1) is 0 Å². The second-order valence-corrected chi connectivity index (χ2v) is 7.12. The van der Waals surface area contributed by atoms with Crippen molar-refractivity contribution >= 4 is 0 Å². The van der Waals surface area contributed by atoms with Crippen LogP contribution in [0.15, 0.2) is 132 Å². The lowest BCUT2D eigenvalue weighted by Crippen LogP contribution is -1.97. The summed E-state index contributed by atoms with van der Waals surface area (Å²) in [5.74, 6) is -0.381. The molecule has 152 valence electrons. The van der Waals surface area contributed by atoms with Gasteiger partial charge in [-0.05, 0) is 59.6 Å². The number of rotatable bonds is 11. The van der Waals surface area contributed by atoms with Gasteiger partial charge in [0.15, 0.2) is 0 Å². The van der Waals surface area contributed by atoms with Gasteiger partial charge in [-0.3, -0.25) is 0 Å². The third kappa shape index (κ3) is 7.91. The Bertz CT molecular complexity index is 875. The molecule has 0 aromatic rings. The zero-order valence-electron chi connectivity index (χ0n) is 18.0. The van der Waals surface area contributed by atoms with Crippen molar-refractivity contribution in [1.29, 1.82) is 0 Å². The van der Waals surface area contributed by atoms with Crippen LogP contribution in [0.1, 0.15) is 39.5 Å². The predicted molar refractivity (Wildman–Crippen MR) is 128 cm³/mol. The molecule has 0 saturated heterocycles. The van der Waals surface area contributed by atoms with Crippen LogP contribution in [-0.4, -0.2) is 0 Å². The summed E-state index contributed by atoms with van der Waals surface area (Å²) in [4.78, 5) is 0. The van der Waals surface area contributed by atoms with Crippen LogP contribution in [0.25, 0.3) is 0 Å². The molecule has 0 atom stereocenters. The maximum absolute atomic E-state index is 14.6. The summed E-state index contributed by atoms with van der Waals surface area (Å²) in [5, 5.41) is 0. The van der Waals surface area contributed by atoms with Gasteiger partial charge in [-0.1, -0.05) is 101 Å². The molecule has 0 aromatic carbocycles. The summed E-state index contributed by atoms with van der Waals surface area (Å²) in [7, 11) is 0. The third-order valence-electron chi connectivity index (χ3n) is 4.95. The molecule has 1 aliphatic rings. The van der Waals surface area contributed by atoms with Crippen molar-refractivity contribution in [2.24, 2.45) is 0 Å². The smallest absolute Gasteiger partial charge is 0.130 e. The highest BCUT2D eigenvalue weighted by molar-refractivity contribution is 5.53. The molecule has 0 N–H and O–H groups in total. The van der Waals surface area contributed by atoms with Crippen molar-refractivity contribution in [3.63, 3.8) is 0 Å². The number of halogens is 1. The summed E-state index contributed by atoms with van der Waals surface area (Å²) >= 11 is 0. The highest BCUT2D eigenvalue weighted by Gasteiger charge is 2.12. The first-order valence-electron chi connectivity index (χ1n) is 9.95. The molecule has 0 spiro atoms. The van der Waals surface area contributed by atoms with Crippen LogP contribution in [0.5, 0.6) is 0 Å². The van der Waals surface area contributed by atoms with E-state index < -0.39 is 0 Å². The second kappa shape index (κ2) is 11.8. The summed E-state index contributed by atoms with van der Waals surface area (Å²) in [6, 6.07) is 0. The van der Waals surface area contributed by atoms with Gasteiger partial charge in [0.05, 0.1) is 0 Å². The van der Waals surface area contributed by atoms with Crippen LogP contribution in [0, 0.1) is 0 Å². The molecule has 0 radical (unpaired) electrons. The molecule has 1 aliphatic carbocycles. The van der Waals surface area contributed by atoms with Gasteiger partial charge < -0.3 is 0 Å². The van der Waals surface area contributed by atoms with E-state index in [9.17, 15) is 4.39 Å². The van der Waals surface area contributed by atoms with Crippen LogP contribution in [0.2, 0.25) is 0 Å². The molecule has 0 heterocycles. The van der Waals surface area contributed by atoms with E-state index >= 15 is 0 Å². The molecular weight excluding hydrogens is 355 g/mol. The first-order valence-corrected chi connectivity index (χ1v) is 9.95. The van der Waals surface area contributed by atoms with Gasteiger partial charge >= 0.3 is 0 Å². The van der Waals surface area contributed by atoms with E-state index in [0.29, 0.717) is 16.7 Å². The Labute approximate surface area is 176 Å². The highest BCUT2D eigenvalue weighted by atomic mass is 19.1. The molecule has 0 unspecified atom stereocenters. The average Bonchev–Trinajstić information content (AvgIpc) is 2.74. The van der Waals surface area contributed by atoms with Gasteiger partial charge in [0.1, 0.15) is 5.83 Å². The maximum Gasteiger partial charge on any atom is 0.130 e. The molecular formula is C28H33F. The van der Waals surface area contributed by atoms with Gasteiger partial charge in [0.2, 0.25) is 0 Å². The van der Waals surface area contributed by atoms with E-state index in [1.807, 2.05) is 25.2 Å². The quantitative estimate of drug-likeness (QED) is 0.310. The maximum atomic E-state index is 14.6. The van der Waals surface area contributed by atoms with Crippen molar-refractivity contribution in [1.82, 2.24) is 0 Å². The Morgan fingerprint density at radius 1 is 0.828 bits per heavy atom. The van der Waals surface area contributed by atoms with Crippen molar-refractivity contribution in [3.8, 4) is 0 Å². The van der Waals surface area contributed by atoms with E-state index in [-0.39, 0.29) is 5.83 Å². The Morgan fingerprint density at radius 3 is 1.86 bits per heavy atom. The first kappa shape index (κ1) is 24.1. The fraction of sp³-hybridized carbons (Fsp3) is 0.214.